The molecule has 1 rings (SSSR count). The van der Waals surface area contributed by atoms with E-state index in [2.05, 4.69) is 33.2 Å². The highest BCUT2D eigenvalue weighted by Crippen LogP contribution is 2.30. The Labute approximate surface area is 81.3 Å². The van der Waals surface area contributed by atoms with E-state index < -0.39 is 0 Å². The molecule has 0 aliphatic carbocycles. The summed E-state index contributed by atoms with van der Waals surface area (Å²) in [5, 5.41) is 8.93. The van der Waals surface area contributed by atoms with Gasteiger partial charge in [0.1, 0.15) is 13.1 Å². The maximum absolute atomic E-state index is 8.93. The Morgan fingerprint density at radius 2 is 2.08 bits per heavy atom. The third-order valence-corrected chi connectivity index (χ3v) is 3.16. The average Bonchev–Trinajstić information content (AvgIpc) is 2.31. The van der Waals surface area contributed by atoms with Crippen LogP contribution in [0.25, 0.3) is 0 Å². The fourth-order valence-electron chi connectivity index (χ4n) is 1.92. The Morgan fingerprint density at radius 3 is 2.46 bits per heavy atom. The van der Waals surface area contributed by atoms with Gasteiger partial charge in [-0.3, -0.25) is 0 Å². The van der Waals surface area contributed by atoms with Gasteiger partial charge in [0.05, 0.1) is 20.2 Å². The fraction of sp³-hybridized carbons (Fsp3) is 1.00. The molecule has 2 unspecified atom stereocenters. The molecule has 3 heteroatoms. The molecule has 3 nitrogen and oxygen atoms in total. The Balaban J connectivity index is 2.53. The summed E-state index contributed by atoms with van der Waals surface area (Å²) < 4.78 is 0.818. The Morgan fingerprint density at radius 1 is 1.46 bits per heavy atom. The summed E-state index contributed by atoms with van der Waals surface area (Å²) in [4.78, 5) is 0. The molecule has 1 aliphatic heterocycles. The lowest BCUT2D eigenvalue weighted by Gasteiger charge is -2.29. The summed E-state index contributed by atoms with van der Waals surface area (Å²) in [6, 6.07) is 0. The Bertz CT molecular complexity index is 176. The second-order valence-corrected chi connectivity index (χ2v) is 5.45. The second kappa shape index (κ2) is 3.56. The summed E-state index contributed by atoms with van der Waals surface area (Å²) >= 11 is 0. The van der Waals surface area contributed by atoms with E-state index in [0.29, 0.717) is 11.3 Å². The quantitative estimate of drug-likeness (QED) is 0.621. The van der Waals surface area contributed by atoms with Gasteiger partial charge in [-0.15, -0.1) is 0 Å². The van der Waals surface area contributed by atoms with E-state index in [1.54, 1.807) is 0 Å². The summed E-state index contributed by atoms with van der Waals surface area (Å²) in [5.74, 6) is 0.712. The molecule has 0 radical (unpaired) electrons. The van der Waals surface area contributed by atoms with Gasteiger partial charge in [0.2, 0.25) is 0 Å². The minimum absolute atomic E-state index is 0.264. The first kappa shape index (κ1) is 11.0. The first-order chi connectivity index (χ1) is 5.87. The van der Waals surface area contributed by atoms with E-state index in [-0.39, 0.29) is 6.61 Å². The number of nitrogens with zero attached hydrogens (tertiary/aromatic N) is 1. The van der Waals surface area contributed by atoms with E-state index in [0.717, 1.165) is 24.2 Å². The number of rotatable bonds is 2. The predicted molar refractivity (Wildman–Crippen MR) is 54.0 cm³/mol. The zero-order valence-electron chi connectivity index (χ0n) is 9.30. The molecule has 1 saturated heterocycles. The van der Waals surface area contributed by atoms with Gasteiger partial charge in [0.25, 0.3) is 0 Å². The van der Waals surface area contributed by atoms with Gasteiger partial charge in [-0.1, -0.05) is 20.8 Å². The lowest BCUT2D eigenvalue weighted by Crippen LogP contribution is -2.51. The summed E-state index contributed by atoms with van der Waals surface area (Å²) in [7, 11) is 2.15. The van der Waals surface area contributed by atoms with E-state index in [1.165, 1.54) is 0 Å². The highest BCUT2D eigenvalue weighted by atomic mass is 16.3. The molecule has 0 amide bonds. The molecule has 0 saturated carbocycles. The molecule has 2 atom stereocenters. The van der Waals surface area contributed by atoms with Gasteiger partial charge in [-0.05, 0) is 5.41 Å². The molecular formula is C10H23N2O+. The molecule has 13 heavy (non-hydrogen) atoms. The van der Waals surface area contributed by atoms with Crippen LogP contribution in [-0.2, 0) is 0 Å². The molecule has 2 N–H and O–H groups in total. The van der Waals surface area contributed by atoms with E-state index in [1.807, 2.05) is 0 Å². The van der Waals surface area contributed by atoms with Crippen LogP contribution in [0.4, 0.5) is 0 Å². The third kappa shape index (κ3) is 2.66. The van der Waals surface area contributed by atoms with Gasteiger partial charge < -0.3 is 5.11 Å². The van der Waals surface area contributed by atoms with Crippen LogP contribution in [0.2, 0.25) is 0 Å². The maximum Gasteiger partial charge on any atom is 0.119 e. The van der Waals surface area contributed by atoms with Gasteiger partial charge in [-0.2, -0.15) is 5.43 Å². The number of hydrogen-bond donors (Lipinski definition) is 2. The number of nitrogens with one attached hydrogen (secondary N) is 1. The van der Waals surface area contributed by atoms with Crippen molar-refractivity contribution in [3.05, 3.63) is 0 Å². The fourth-order valence-corrected chi connectivity index (χ4v) is 1.92. The normalized spacial score (nSPS) is 35.3. The minimum Gasteiger partial charge on any atom is -0.390 e. The van der Waals surface area contributed by atoms with Crippen molar-refractivity contribution in [2.45, 2.75) is 20.8 Å². The van der Waals surface area contributed by atoms with Gasteiger partial charge in [0.15, 0.2) is 0 Å². The molecular weight excluding hydrogens is 164 g/mol. The SMILES string of the molecule is CC(C)(C)C1CN[N+](C)(CCO)C1. The van der Waals surface area contributed by atoms with Crippen LogP contribution in [0.5, 0.6) is 0 Å². The van der Waals surface area contributed by atoms with Crippen molar-refractivity contribution in [3.8, 4) is 0 Å². The number of hydrogen-bond acceptors (Lipinski definition) is 2. The molecule has 0 spiro atoms. The second-order valence-electron chi connectivity index (χ2n) is 5.45. The van der Waals surface area contributed by atoms with Crippen molar-refractivity contribution in [1.82, 2.24) is 5.43 Å². The summed E-state index contributed by atoms with van der Waals surface area (Å²) in [5.41, 5.74) is 3.84. The van der Waals surface area contributed by atoms with Crippen molar-refractivity contribution < 1.29 is 9.70 Å². The highest BCUT2D eigenvalue weighted by Gasteiger charge is 2.40. The largest absolute Gasteiger partial charge is 0.390 e. The van der Waals surface area contributed by atoms with Crippen molar-refractivity contribution >= 4 is 0 Å². The topological polar surface area (TPSA) is 32.3 Å². The van der Waals surface area contributed by atoms with Crippen LogP contribution in [0.15, 0.2) is 0 Å². The van der Waals surface area contributed by atoms with Crippen LogP contribution in [0, 0.1) is 11.3 Å². The van der Waals surface area contributed by atoms with Gasteiger partial charge >= 0.3 is 0 Å². The van der Waals surface area contributed by atoms with Crippen molar-refractivity contribution in [3.63, 3.8) is 0 Å². The van der Waals surface area contributed by atoms with Crippen LogP contribution < -0.4 is 5.43 Å². The van der Waals surface area contributed by atoms with Gasteiger partial charge in [-0.25, -0.2) is 4.59 Å². The Hall–Kier alpha value is -0.120. The average molecular weight is 187 g/mol. The third-order valence-electron chi connectivity index (χ3n) is 3.16. The zero-order chi connectivity index (χ0) is 10.1. The maximum atomic E-state index is 8.93. The van der Waals surface area contributed by atoms with Crippen molar-refractivity contribution in [2.75, 3.05) is 33.3 Å². The molecule has 0 aromatic heterocycles. The van der Waals surface area contributed by atoms with Crippen LogP contribution in [0.3, 0.4) is 0 Å². The molecule has 1 fully saturated rings. The zero-order valence-corrected chi connectivity index (χ0v) is 9.30. The van der Waals surface area contributed by atoms with Crippen LogP contribution >= 0.6 is 0 Å². The summed E-state index contributed by atoms with van der Waals surface area (Å²) in [6.45, 7) is 10.1. The predicted octanol–water partition coefficient (Wildman–Crippen LogP) is 0.606. The van der Waals surface area contributed by atoms with Crippen molar-refractivity contribution in [2.24, 2.45) is 11.3 Å². The molecule has 0 bridgehead atoms. The smallest absolute Gasteiger partial charge is 0.119 e. The number of quaternary nitrogens is 1. The first-order valence-corrected chi connectivity index (χ1v) is 5.08. The molecule has 1 aliphatic rings. The number of likely N-dealkylation sites (N-methyl/N-ethyl adjacent to an activating group) is 1. The van der Waals surface area contributed by atoms with Crippen LogP contribution in [-0.4, -0.2) is 43.0 Å². The number of aliphatic hydroxyl groups excluding tert-OH is 1. The molecule has 78 valence electrons. The summed E-state index contributed by atoms with van der Waals surface area (Å²) in [6.07, 6.45) is 0. The minimum atomic E-state index is 0.264. The molecule has 0 aromatic carbocycles. The lowest BCUT2D eigenvalue weighted by atomic mass is 9.81. The first-order valence-electron chi connectivity index (χ1n) is 5.08. The monoisotopic (exact) mass is 187 g/mol. The highest BCUT2D eigenvalue weighted by molar-refractivity contribution is 4.77. The Kier molecular flexibility index (Phi) is 3.00. The van der Waals surface area contributed by atoms with E-state index in [4.69, 9.17) is 5.11 Å². The molecule has 0 aromatic rings. The standard InChI is InChI=1S/C10H23N2O/c1-10(2,3)9-7-11-12(4,8-9)5-6-13/h9,11,13H,5-8H2,1-4H3/q+1. The van der Waals surface area contributed by atoms with Crippen LogP contribution in [0.1, 0.15) is 20.8 Å². The van der Waals surface area contributed by atoms with Gasteiger partial charge in [0, 0.05) is 5.92 Å². The lowest BCUT2D eigenvalue weighted by molar-refractivity contribution is -0.941. The van der Waals surface area contributed by atoms with E-state index >= 15 is 0 Å². The molecule has 1 heterocycles. The number of aliphatic hydroxyl groups is 1. The van der Waals surface area contributed by atoms with E-state index in [9.17, 15) is 0 Å². The van der Waals surface area contributed by atoms with Crippen molar-refractivity contribution in [1.29, 1.82) is 0 Å².